The zero-order valence-electron chi connectivity index (χ0n) is 17.0. The number of amides is 2. The van der Waals surface area contributed by atoms with E-state index < -0.39 is 0 Å². The van der Waals surface area contributed by atoms with Crippen molar-refractivity contribution in [1.29, 1.82) is 0 Å². The Bertz CT molecular complexity index is 1170. The average Bonchev–Trinajstić information content (AvgIpc) is 3.46. The van der Waals surface area contributed by atoms with Gasteiger partial charge in [-0.15, -0.1) is 0 Å². The molecule has 2 amide bonds. The smallest absolute Gasteiger partial charge is 0.253 e. The van der Waals surface area contributed by atoms with Gasteiger partial charge in [0.15, 0.2) is 0 Å². The monoisotopic (exact) mass is 430 g/mol. The molecule has 2 N–H and O–H groups in total. The molecule has 0 radical (unpaired) electrons. The van der Waals surface area contributed by atoms with Crippen LogP contribution in [0.25, 0.3) is 11.3 Å². The summed E-state index contributed by atoms with van der Waals surface area (Å²) < 4.78 is 1.59. The molecule has 7 heteroatoms. The normalized spacial score (nSPS) is 11.6. The maximum absolute atomic E-state index is 12.8. The Balaban J connectivity index is 1.42. The molecule has 4 aromatic rings. The second-order valence-electron chi connectivity index (χ2n) is 7.11. The number of carbonyl (C=O) groups is 2. The summed E-state index contributed by atoms with van der Waals surface area (Å²) in [7, 11) is 0. The van der Waals surface area contributed by atoms with Gasteiger partial charge >= 0.3 is 0 Å². The molecular weight excluding hydrogens is 408 g/mol. The predicted octanol–water partition coefficient (Wildman–Crippen LogP) is 4.74. The molecule has 0 saturated heterocycles. The first-order valence-electron chi connectivity index (χ1n) is 9.91. The Hall–Kier alpha value is -3.71. The van der Waals surface area contributed by atoms with Gasteiger partial charge < -0.3 is 10.6 Å². The lowest BCUT2D eigenvalue weighted by atomic mass is 10.1. The number of thiophene rings is 1. The number of nitrogens with zero attached hydrogens (tertiary/aromatic N) is 2. The number of anilines is 1. The molecule has 2 aromatic heterocycles. The van der Waals surface area contributed by atoms with E-state index in [0.29, 0.717) is 11.3 Å². The van der Waals surface area contributed by atoms with Crippen LogP contribution < -0.4 is 10.6 Å². The van der Waals surface area contributed by atoms with Crippen molar-refractivity contribution in [3.63, 3.8) is 0 Å². The molecule has 0 bridgehead atoms. The molecule has 0 saturated carbocycles. The summed E-state index contributed by atoms with van der Waals surface area (Å²) >= 11 is 1.60. The number of benzene rings is 2. The van der Waals surface area contributed by atoms with Crippen molar-refractivity contribution in [2.24, 2.45) is 0 Å². The third kappa shape index (κ3) is 5.07. The van der Waals surface area contributed by atoms with Crippen LogP contribution in [0.5, 0.6) is 0 Å². The van der Waals surface area contributed by atoms with Gasteiger partial charge in [-0.1, -0.05) is 42.5 Å². The van der Waals surface area contributed by atoms with E-state index in [9.17, 15) is 9.59 Å². The van der Waals surface area contributed by atoms with Gasteiger partial charge in [-0.05, 0) is 42.1 Å². The number of aromatic nitrogens is 2. The minimum absolute atomic E-state index is 0.0561. The van der Waals surface area contributed by atoms with Crippen molar-refractivity contribution in [3.05, 3.63) is 94.8 Å². The third-order valence-corrected chi connectivity index (χ3v) is 5.54. The van der Waals surface area contributed by atoms with Gasteiger partial charge in [0.1, 0.15) is 6.54 Å². The van der Waals surface area contributed by atoms with Crippen LogP contribution in [0.15, 0.2) is 83.7 Å². The molecule has 0 aliphatic rings. The van der Waals surface area contributed by atoms with Gasteiger partial charge in [-0.3, -0.25) is 14.3 Å². The average molecular weight is 431 g/mol. The zero-order valence-corrected chi connectivity index (χ0v) is 17.8. The van der Waals surface area contributed by atoms with E-state index in [1.165, 1.54) is 0 Å². The lowest BCUT2D eigenvalue weighted by molar-refractivity contribution is -0.116. The summed E-state index contributed by atoms with van der Waals surface area (Å²) in [6, 6.07) is 20.4. The molecule has 31 heavy (non-hydrogen) atoms. The lowest BCUT2D eigenvalue weighted by Crippen LogP contribution is -2.28. The number of hydrogen-bond acceptors (Lipinski definition) is 4. The first-order valence-corrected chi connectivity index (χ1v) is 10.8. The van der Waals surface area contributed by atoms with Gasteiger partial charge in [0, 0.05) is 17.1 Å². The highest BCUT2D eigenvalue weighted by atomic mass is 32.1. The van der Waals surface area contributed by atoms with E-state index in [1.54, 1.807) is 46.5 Å². The van der Waals surface area contributed by atoms with Gasteiger partial charge in [0.05, 0.1) is 23.0 Å². The fourth-order valence-electron chi connectivity index (χ4n) is 3.24. The molecular formula is C24H22N4O2S. The number of nitrogens with one attached hydrogen (secondary N) is 2. The standard InChI is InChI=1S/C24H22N4O2S/c1-17(18-7-3-2-4-8-18)25-24(30)20-9-5-6-10-22(20)26-23(29)15-28-13-11-21(27-28)19-12-14-31-16-19/h2-14,16-17H,15H2,1H3,(H,25,30)(H,26,29). The maximum atomic E-state index is 12.8. The van der Waals surface area contributed by atoms with E-state index in [-0.39, 0.29) is 24.4 Å². The van der Waals surface area contributed by atoms with Crippen molar-refractivity contribution in [2.45, 2.75) is 19.5 Å². The van der Waals surface area contributed by atoms with Crippen LogP contribution in [-0.2, 0) is 11.3 Å². The van der Waals surface area contributed by atoms with Crippen LogP contribution >= 0.6 is 11.3 Å². The van der Waals surface area contributed by atoms with Crippen molar-refractivity contribution in [2.75, 3.05) is 5.32 Å². The summed E-state index contributed by atoms with van der Waals surface area (Å²) in [5.74, 6) is -0.498. The second-order valence-corrected chi connectivity index (χ2v) is 7.89. The van der Waals surface area contributed by atoms with Gasteiger partial charge in [-0.2, -0.15) is 16.4 Å². The highest BCUT2D eigenvalue weighted by Gasteiger charge is 2.16. The Morgan fingerprint density at radius 3 is 2.58 bits per heavy atom. The van der Waals surface area contributed by atoms with Gasteiger partial charge in [0.2, 0.25) is 5.91 Å². The van der Waals surface area contributed by atoms with Crippen LogP contribution in [0.4, 0.5) is 5.69 Å². The van der Waals surface area contributed by atoms with Crippen LogP contribution in [-0.4, -0.2) is 21.6 Å². The minimum Gasteiger partial charge on any atom is -0.345 e. The third-order valence-electron chi connectivity index (χ3n) is 4.86. The summed E-state index contributed by atoms with van der Waals surface area (Å²) in [4.78, 5) is 25.4. The SMILES string of the molecule is CC(NC(=O)c1ccccc1NC(=O)Cn1ccc(-c2ccsc2)n1)c1ccccc1. The fourth-order valence-corrected chi connectivity index (χ4v) is 3.89. The van der Waals surface area contributed by atoms with E-state index in [4.69, 9.17) is 0 Å². The highest BCUT2D eigenvalue weighted by molar-refractivity contribution is 7.08. The Kier molecular flexibility index (Phi) is 6.24. The van der Waals surface area contributed by atoms with Crippen LogP contribution in [0.2, 0.25) is 0 Å². The fraction of sp³-hybridized carbons (Fsp3) is 0.125. The predicted molar refractivity (Wildman–Crippen MR) is 123 cm³/mol. The molecule has 0 aliphatic carbocycles. The molecule has 6 nitrogen and oxygen atoms in total. The Morgan fingerprint density at radius 2 is 1.81 bits per heavy atom. The summed E-state index contributed by atoms with van der Waals surface area (Å²) in [5, 5.41) is 14.3. The van der Waals surface area contributed by atoms with Crippen LogP contribution in [0.3, 0.4) is 0 Å². The summed E-state index contributed by atoms with van der Waals surface area (Å²) in [6.45, 7) is 1.98. The number of hydrogen-bond donors (Lipinski definition) is 2. The number of carbonyl (C=O) groups excluding carboxylic acids is 2. The van der Waals surface area contributed by atoms with Crippen molar-refractivity contribution >= 4 is 28.8 Å². The summed E-state index contributed by atoms with van der Waals surface area (Å²) in [6.07, 6.45) is 1.77. The largest absolute Gasteiger partial charge is 0.345 e. The topological polar surface area (TPSA) is 76.0 Å². The lowest BCUT2D eigenvalue weighted by Gasteiger charge is -2.16. The van der Waals surface area contributed by atoms with E-state index in [2.05, 4.69) is 15.7 Å². The number of para-hydroxylation sites is 1. The molecule has 1 atom stereocenters. The second kappa shape index (κ2) is 9.40. The molecule has 2 heterocycles. The first-order chi connectivity index (χ1) is 15.1. The van der Waals surface area contributed by atoms with Crippen LogP contribution in [0.1, 0.15) is 28.9 Å². The minimum atomic E-state index is -0.253. The Morgan fingerprint density at radius 1 is 1.03 bits per heavy atom. The quantitative estimate of drug-likeness (QED) is 0.445. The van der Waals surface area contributed by atoms with E-state index in [1.807, 2.05) is 60.1 Å². The van der Waals surface area contributed by atoms with Crippen LogP contribution in [0, 0.1) is 0 Å². The summed E-state index contributed by atoms with van der Waals surface area (Å²) in [5.41, 5.74) is 3.74. The Labute approximate surface area is 184 Å². The molecule has 1 unspecified atom stereocenters. The zero-order chi connectivity index (χ0) is 21.6. The maximum Gasteiger partial charge on any atom is 0.253 e. The molecule has 0 spiro atoms. The number of rotatable bonds is 7. The highest BCUT2D eigenvalue weighted by Crippen LogP contribution is 2.20. The molecule has 4 rings (SSSR count). The van der Waals surface area contributed by atoms with Crippen molar-refractivity contribution < 1.29 is 9.59 Å². The van der Waals surface area contributed by atoms with Crippen molar-refractivity contribution in [1.82, 2.24) is 15.1 Å². The molecule has 2 aromatic carbocycles. The van der Waals surface area contributed by atoms with Gasteiger partial charge in [-0.25, -0.2) is 0 Å². The molecule has 0 aliphatic heterocycles. The van der Waals surface area contributed by atoms with E-state index in [0.717, 1.165) is 16.8 Å². The van der Waals surface area contributed by atoms with Crippen molar-refractivity contribution in [3.8, 4) is 11.3 Å². The molecule has 156 valence electrons. The van der Waals surface area contributed by atoms with E-state index >= 15 is 0 Å². The first kappa shape index (κ1) is 20.6. The molecule has 0 fully saturated rings. The van der Waals surface area contributed by atoms with Gasteiger partial charge in [0.25, 0.3) is 5.91 Å².